The first-order valence-corrected chi connectivity index (χ1v) is 23.1. The summed E-state index contributed by atoms with van der Waals surface area (Å²) in [5.41, 5.74) is 25.0. The Balaban J connectivity index is 1.23. The number of hydrogen-bond acceptors (Lipinski definition) is 2. The molecule has 0 amide bonds. The summed E-state index contributed by atoms with van der Waals surface area (Å²) >= 11 is 0. The highest BCUT2D eigenvalue weighted by Crippen LogP contribution is 2.42. The van der Waals surface area contributed by atoms with Crippen LogP contribution in [0.1, 0.15) is 0 Å². The zero-order chi connectivity index (χ0) is 45.2. The van der Waals surface area contributed by atoms with Gasteiger partial charge in [-0.05, 0) is 90.3 Å². The smallest absolute Gasteiger partial charge is 0.143 e. The van der Waals surface area contributed by atoms with Crippen LogP contribution in [0.2, 0.25) is 0 Å². The number of furan rings is 1. The first-order valence-electron chi connectivity index (χ1n) is 23.1. The molecule has 0 atom stereocenters. The molecule has 0 saturated heterocycles. The molecule has 11 aromatic rings. The molecule has 0 N–H and O–H groups in total. The van der Waals surface area contributed by atoms with Crippen molar-refractivity contribution >= 4 is 228 Å². The molecule has 0 saturated carbocycles. The molecule has 1 aromatic heterocycles. The van der Waals surface area contributed by atoms with Crippen molar-refractivity contribution in [2.24, 2.45) is 0 Å². The van der Waals surface area contributed by atoms with Gasteiger partial charge in [-0.1, -0.05) is 152 Å². The summed E-state index contributed by atoms with van der Waals surface area (Å²) in [4.78, 5) is 2.64. The molecule has 0 radical (unpaired) electrons. The molecule has 2 nitrogen and oxygen atoms in total. The van der Waals surface area contributed by atoms with Gasteiger partial charge < -0.3 is 9.32 Å². The number of fused-ring (bicyclic) bond motifs is 9. The molecule has 1 heterocycles. The third-order valence-electron chi connectivity index (χ3n) is 15.7. The SMILES string of the molecule is Bc1c(B)c(N(c2cccc(-c3cccc4oc5c6ccccc6ccc5c34)c2)c2c(B)c(B)c(B)c3c(B)c(B)c(B)c(B)c23)c(B)c(B)c1-c1cc2ccccc2c2ccccc12. The van der Waals surface area contributed by atoms with Crippen molar-refractivity contribution in [3.05, 3.63) is 133 Å². The van der Waals surface area contributed by atoms with Crippen molar-refractivity contribution < 1.29 is 4.42 Å². The number of hydrogen-bond donors (Lipinski definition) is 0. The van der Waals surface area contributed by atoms with Crippen LogP contribution in [-0.2, 0) is 0 Å². The first-order chi connectivity index (χ1) is 31.4. The fourth-order valence-corrected chi connectivity index (χ4v) is 11.5. The van der Waals surface area contributed by atoms with Gasteiger partial charge in [-0.25, -0.2) is 0 Å². The average molecular weight is 818 g/mol. The quantitative estimate of drug-likeness (QED) is 0.130. The van der Waals surface area contributed by atoms with Crippen molar-refractivity contribution in [1.29, 1.82) is 0 Å². The van der Waals surface area contributed by atoms with E-state index >= 15 is 0 Å². The van der Waals surface area contributed by atoms with Gasteiger partial charge in [0.15, 0.2) is 0 Å². The van der Waals surface area contributed by atoms with E-state index in [0.717, 1.165) is 44.1 Å². The Kier molecular flexibility index (Phi) is 9.74. The van der Waals surface area contributed by atoms with E-state index in [1.165, 1.54) is 120 Å². The van der Waals surface area contributed by atoms with Gasteiger partial charge in [-0.15, -0.1) is 10.9 Å². The maximum atomic E-state index is 6.72. The third kappa shape index (κ3) is 6.04. The van der Waals surface area contributed by atoms with E-state index in [1.807, 2.05) is 0 Å². The summed E-state index contributed by atoms with van der Waals surface area (Å²) in [5, 5.41) is 12.4. The van der Waals surface area contributed by atoms with Crippen LogP contribution < -0.4 is 65.0 Å². The Labute approximate surface area is 391 Å². The molecule has 0 aliphatic carbocycles. The van der Waals surface area contributed by atoms with Gasteiger partial charge in [0.05, 0.1) is 0 Å². The van der Waals surface area contributed by atoms with E-state index in [9.17, 15) is 0 Å². The van der Waals surface area contributed by atoms with Crippen molar-refractivity contribution in [3.8, 4) is 22.3 Å². The fraction of sp³-hybridized carbons (Fsp3) is 0. The summed E-state index contributed by atoms with van der Waals surface area (Å²) in [7, 11) is 25.7. The Morgan fingerprint density at radius 1 is 0.338 bits per heavy atom. The van der Waals surface area contributed by atoms with Crippen LogP contribution in [0.25, 0.3) is 87.3 Å². The second kappa shape index (κ2) is 15.3. The minimum Gasteiger partial charge on any atom is -0.455 e. The van der Waals surface area contributed by atoms with Gasteiger partial charge in [0.25, 0.3) is 0 Å². The molecule has 10 aromatic carbocycles. The molecule has 0 bridgehead atoms. The van der Waals surface area contributed by atoms with Crippen molar-refractivity contribution in [1.82, 2.24) is 0 Å². The number of anilines is 3. The third-order valence-corrected chi connectivity index (χ3v) is 15.7. The standard InChI is InChI=1S/C52H44B11NO/c53-39-36(33-22-25-10-2-3-13-27(25)30-15-5-6-16-31(30)33)40(54)48(62)51(47(39)61)64(50-38-37(42(56)46(60)49(50)63)41(55)44(58)45(59)43(38)57)26-12-7-11-24(21-26)28-17-8-18-34-35(28)32-20-19-23-9-1-4-14-29(23)52(32)65-34/h1-22H,53-63H2. The normalized spacial score (nSPS) is 11.8. The van der Waals surface area contributed by atoms with Gasteiger partial charge in [-0.3, -0.25) is 0 Å². The molecular weight excluding hydrogens is 774 g/mol. The number of rotatable bonds is 5. The van der Waals surface area contributed by atoms with Crippen LogP contribution in [0.15, 0.2) is 138 Å². The number of nitrogens with zero attached hydrogens (tertiary/aromatic N) is 1. The van der Waals surface area contributed by atoms with Crippen LogP contribution in [0, 0.1) is 0 Å². The van der Waals surface area contributed by atoms with Gasteiger partial charge >= 0.3 is 0 Å². The molecule has 13 heteroatoms. The minimum absolute atomic E-state index is 0.902. The van der Waals surface area contributed by atoms with E-state index in [-0.39, 0.29) is 0 Å². The Morgan fingerprint density at radius 3 is 1.62 bits per heavy atom. The second-order valence-electron chi connectivity index (χ2n) is 18.7. The minimum atomic E-state index is 0.902. The largest absolute Gasteiger partial charge is 0.455 e. The van der Waals surface area contributed by atoms with E-state index in [1.54, 1.807) is 0 Å². The van der Waals surface area contributed by atoms with Crippen LogP contribution in [-0.4, -0.2) is 86.3 Å². The highest BCUT2D eigenvalue weighted by atomic mass is 16.3. The lowest BCUT2D eigenvalue weighted by atomic mass is 9.59. The Bertz CT molecular complexity index is 3840. The molecule has 0 unspecified atom stereocenters. The van der Waals surface area contributed by atoms with Gasteiger partial charge in [-0.2, -0.15) is 0 Å². The van der Waals surface area contributed by atoms with E-state index in [4.69, 9.17) is 4.42 Å². The van der Waals surface area contributed by atoms with Crippen LogP contribution in [0.3, 0.4) is 0 Å². The van der Waals surface area contributed by atoms with Gasteiger partial charge in [0.2, 0.25) is 0 Å². The Morgan fingerprint density at radius 2 is 0.908 bits per heavy atom. The second-order valence-corrected chi connectivity index (χ2v) is 18.7. The van der Waals surface area contributed by atoms with Crippen molar-refractivity contribution in [2.75, 3.05) is 4.90 Å². The van der Waals surface area contributed by atoms with Crippen LogP contribution in [0.5, 0.6) is 0 Å². The average Bonchev–Trinajstić information content (AvgIpc) is 3.73. The highest BCUT2D eigenvalue weighted by Gasteiger charge is 2.28. The lowest BCUT2D eigenvalue weighted by Crippen LogP contribution is -2.53. The van der Waals surface area contributed by atoms with Crippen molar-refractivity contribution in [2.45, 2.75) is 0 Å². The molecule has 0 fully saturated rings. The van der Waals surface area contributed by atoms with E-state index in [0.29, 0.717) is 0 Å². The fourth-order valence-electron chi connectivity index (χ4n) is 11.5. The predicted octanol–water partition coefficient (Wildman–Crippen LogP) is -4.15. The first kappa shape index (κ1) is 41.3. The summed E-state index contributed by atoms with van der Waals surface area (Å²) < 4.78 is 6.72. The summed E-state index contributed by atoms with van der Waals surface area (Å²) in [6.45, 7) is 0. The summed E-state index contributed by atoms with van der Waals surface area (Å²) in [5.74, 6) is 0. The Hall–Kier alpha value is -6.45. The van der Waals surface area contributed by atoms with Crippen LogP contribution in [0.4, 0.5) is 17.1 Å². The maximum absolute atomic E-state index is 6.72. The monoisotopic (exact) mass is 819 g/mol. The molecule has 296 valence electrons. The molecule has 11 rings (SSSR count). The summed E-state index contributed by atoms with van der Waals surface area (Å²) in [6, 6.07) is 49.0. The van der Waals surface area contributed by atoms with Crippen LogP contribution >= 0.6 is 0 Å². The molecule has 65 heavy (non-hydrogen) atoms. The van der Waals surface area contributed by atoms with Gasteiger partial charge in [0, 0.05) is 33.2 Å². The summed E-state index contributed by atoms with van der Waals surface area (Å²) in [6.07, 6.45) is 0. The molecular formula is C52H44B11NO. The highest BCUT2D eigenvalue weighted by molar-refractivity contribution is 6.72. The number of benzene rings is 10. The topological polar surface area (TPSA) is 16.4 Å². The van der Waals surface area contributed by atoms with E-state index < -0.39 is 0 Å². The predicted molar refractivity (Wildman–Crippen MR) is 319 cm³/mol. The van der Waals surface area contributed by atoms with E-state index in [2.05, 4.69) is 225 Å². The van der Waals surface area contributed by atoms with Crippen molar-refractivity contribution in [3.63, 3.8) is 0 Å². The molecule has 0 aliphatic heterocycles. The lowest BCUT2D eigenvalue weighted by Gasteiger charge is -2.37. The zero-order valence-electron chi connectivity index (χ0n) is 39.6. The maximum Gasteiger partial charge on any atom is 0.143 e. The zero-order valence-corrected chi connectivity index (χ0v) is 39.6. The molecule has 0 spiro atoms. The van der Waals surface area contributed by atoms with Gasteiger partial charge in [0.1, 0.15) is 97.5 Å². The lowest BCUT2D eigenvalue weighted by molar-refractivity contribution is 0.673. The molecule has 0 aliphatic rings.